The van der Waals surface area contributed by atoms with Gasteiger partial charge in [0.25, 0.3) is 0 Å². The van der Waals surface area contributed by atoms with Crippen molar-refractivity contribution in [2.24, 2.45) is 5.92 Å². The standard InChI is InChI=1S/C13H14N4O6/c1-7-5-15(8-2-3-14-4-9(8)17(21)22)6-10-11(7)23-13(20)16(10)12(18)19/h2-4,7,10-11H,5-6H2,1H3,(H,18,19). The van der Waals surface area contributed by atoms with Crippen LogP contribution in [0.4, 0.5) is 21.0 Å². The zero-order valence-corrected chi connectivity index (χ0v) is 12.2. The van der Waals surface area contributed by atoms with Gasteiger partial charge in [0.15, 0.2) is 0 Å². The molecule has 0 spiro atoms. The minimum atomic E-state index is -1.39. The molecule has 2 aliphatic heterocycles. The number of aromatic nitrogens is 1. The molecule has 10 nitrogen and oxygen atoms in total. The first kappa shape index (κ1) is 15.0. The molecule has 0 saturated carbocycles. The van der Waals surface area contributed by atoms with E-state index in [2.05, 4.69) is 4.98 Å². The molecule has 2 saturated heterocycles. The monoisotopic (exact) mass is 322 g/mol. The smallest absolute Gasteiger partial charge is 0.420 e. The Kier molecular flexibility index (Phi) is 3.51. The van der Waals surface area contributed by atoms with E-state index in [4.69, 9.17) is 4.74 Å². The Balaban J connectivity index is 1.94. The van der Waals surface area contributed by atoms with Gasteiger partial charge in [-0.15, -0.1) is 0 Å². The molecule has 122 valence electrons. The number of imide groups is 1. The predicted molar refractivity (Wildman–Crippen MR) is 76.2 cm³/mol. The molecule has 10 heteroatoms. The number of pyridine rings is 1. The summed E-state index contributed by atoms with van der Waals surface area (Å²) in [6.45, 7) is 2.36. The molecule has 2 fully saturated rings. The lowest BCUT2D eigenvalue weighted by Crippen LogP contribution is -2.55. The minimum Gasteiger partial charge on any atom is -0.465 e. The number of carbonyl (C=O) groups excluding carboxylic acids is 1. The van der Waals surface area contributed by atoms with Crippen molar-refractivity contribution >= 4 is 23.6 Å². The number of anilines is 1. The molecule has 0 aromatic carbocycles. The fourth-order valence-corrected chi connectivity index (χ4v) is 3.17. The van der Waals surface area contributed by atoms with E-state index < -0.39 is 29.3 Å². The van der Waals surface area contributed by atoms with Crippen LogP contribution in [0.1, 0.15) is 6.92 Å². The largest absolute Gasteiger partial charge is 0.465 e. The average Bonchev–Trinajstić information content (AvgIpc) is 2.84. The number of fused-ring (bicyclic) bond motifs is 1. The van der Waals surface area contributed by atoms with Crippen molar-refractivity contribution in [1.82, 2.24) is 9.88 Å². The average molecular weight is 322 g/mol. The summed E-state index contributed by atoms with van der Waals surface area (Å²) < 4.78 is 5.15. The van der Waals surface area contributed by atoms with Crippen molar-refractivity contribution in [3.63, 3.8) is 0 Å². The van der Waals surface area contributed by atoms with Crippen molar-refractivity contribution in [2.45, 2.75) is 19.1 Å². The molecular formula is C13H14N4O6. The van der Waals surface area contributed by atoms with Crippen LogP contribution in [0.15, 0.2) is 18.5 Å². The summed E-state index contributed by atoms with van der Waals surface area (Å²) in [7, 11) is 0. The fourth-order valence-electron chi connectivity index (χ4n) is 3.17. The highest BCUT2D eigenvalue weighted by molar-refractivity contribution is 5.89. The molecule has 3 rings (SSSR count). The third kappa shape index (κ3) is 2.41. The van der Waals surface area contributed by atoms with Gasteiger partial charge in [0.2, 0.25) is 0 Å². The van der Waals surface area contributed by atoms with Crippen molar-refractivity contribution in [2.75, 3.05) is 18.0 Å². The van der Waals surface area contributed by atoms with E-state index in [-0.39, 0.29) is 18.2 Å². The molecule has 3 unspecified atom stereocenters. The number of hydrogen-bond acceptors (Lipinski definition) is 7. The molecule has 0 radical (unpaired) electrons. The zero-order valence-electron chi connectivity index (χ0n) is 12.2. The van der Waals surface area contributed by atoms with Crippen LogP contribution in [0, 0.1) is 16.0 Å². The zero-order chi connectivity index (χ0) is 16.7. The molecule has 0 bridgehead atoms. The number of carboxylic acid groups (broad SMARTS) is 1. The van der Waals surface area contributed by atoms with Crippen molar-refractivity contribution in [3.05, 3.63) is 28.6 Å². The Morgan fingerprint density at radius 1 is 1.52 bits per heavy atom. The highest BCUT2D eigenvalue weighted by Crippen LogP contribution is 2.35. The summed E-state index contributed by atoms with van der Waals surface area (Å²) >= 11 is 0. The summed E-state index contributed by atoms with van der Waals surface area (Å²) in [4.78, 5) is 39.7. The number of piperidine rings is 1. The van der Waals surface area contributed by atoms with Gasteiger partial charge in [-0.25, -0.2) is 14.5 Å². The molecule has 3 heterocycles. The molecule has 3 atom stereocenters. The van der Waals surface area contributed by atoms with Crippen LogP contribution >= 0.6 is 0 Å². The summed E-state index contributed by atoms with van der Waals surface area (Å²) in [5, 5.41) is 20.4. The SMILES string of the molecule is CC1CN(c2ccncc2[N+](=O)[O-])CC2C1OC(=O)N2C(=O)O. The first-order valence-corrected chi connectivity index (χ1v) is 6.96. The second-order valence-corrected chi connectivity index (χ2v) is 5.57. The first-order valence-electron chi connectivity index (χ1n) is 6.96. The van der Waals surface area contributed by atoms with E-state index in [1.165, 1.54) is 12.3 Å². The number of rotatable bonds is 2. The molecule has 2 amide bonds. The summed E-state index contributed by atoms with van der Waals surface area (Å²) in [5.41, 5.74) is 0.185. The number of hydrogen-bond donors (Lipinski definition) is 1. The summed E-state index contributed by atoms with van der Waals surface area (Å²) in [5.74, 6) is -0.171. The van der Waals surface area contributed by atoms with Gasteiger partial charge in [-0.2, -0.15) is 0 Å². The van der Waals surface area contributed by atoms with Gasteiger partial charge in [0.05, 0.1) is 4.92 Å². The Labute approximate surface area is 130 Å². The maximum absolute atomic E-state index is 11.7. The van der Waals surface area contributed by atoms with E-state index >= 15 is 0 Å². The van der Waals surface area contributed by atoms with Crippen LogP contribution in [0.3, 0.4) is 0 Å². The summed E-state index contributed by atoms with van der Waals surface area (Å²) in [6.07, 6.45) is -0.247. The van der Waals surface area contributed by atoms with Crippen LogP contribution in [-0.4, -0.2) is 57.3 Å². The third-order valence-corrected chi connectivity index (χ3v) is 4.14. The molecule has 1 aromatic rings. The Morgan fingerprint density at radius 3 is 2.91 bits per heavy atom. The molecule has 23 heavy (non-hydrogen) atoms. The molecule has 1 N–H and O–H groups in total. The molecular weight excluding hydrogens is 308 g/mol. The number of nitro groups is 1. The Morgan fingerprint density at radius 2 is 2.26 bits per heavy atom. The van der Waals surface area contributed by atoms with Crippen molar-refractivity contribution in [3.8, 4) is 0 Å². The van der Waals surface area contributed by atoms with Gasteiger partial charge < -0.3 is 14.7 Å². The third-order valence-electron chi connectivity index (χ3n) is 4.14. The van der Waals surface area contributed by atoms with E-state index in [9.17, 15) is 24.8 Å². The van der Waals surface area contributed by atoms with Gasteiger partial charge in [-0.3, -0.25) is 15.1 Å². The highest BCUT2D eigenvalue weighted by Gasteiger charge is 2.51. The van der Waals surface area contributed by atoms with Crippen LogP contribution in [0.25, 0.3) is 0 Å². The van der Waals surface area contributed by atoms with Crippen LogP contribution < -0.4 is 4.90 Å². The maximum atomic E-state index is 11.7. The van der Waals surface area contributed by atoms with E-state index in [1.807, 2.05) is 6.92 Å². The highest BCUT2D eigenvalue weighted by atomic mass is 16.6. The fraction of sp³-hybridized carbons (Fsp3) is 0.462. The van der Waals surface area contributed by atoms with Gasteiger partial charge in [-0.05, 0) is 6.07 Å². The van der Waals surface area contributed by atoms with Crippen LogP contribution in [-0.2, 0) is 4.74 Å². The van der Waals surface area contributed by atoms with Gasteiger partial charge in [-0.1, -0.05) is 6.92 Å². The maximum Gasteiger partial charge on any atom is 0.420 e. The van der Waals surface area contributed by atoms with Gasteiger partial charge in [0, 0.05) is 25.2 Å². The van der Waals surface area contributed by atoms with Crippen molar-refractivity contribution in [1.29, 1.82) is 0 Å². The lowest BCUT2D eigenvalue weighted by Gasteiger charge is -2.39. The number of carbonyl (C=O) groups is 2. The minimum absolute atomic E-state index is 0.137. The van der Waals surface area contributed by atoms with E-state index in [1.54, 1.807) is 4.90 Å². The molecule has 1 aromatic heterocycles. The van der Waals surface area contributed by atoms with Gasteiger partial charge in [0.1, 0.15) is 24.0 Å². The van der Waals surface area contributed by atoms with Crippen LogP contribution in [0.5, 0.6) is 0 Å². The lowest BCUT2D eigenvalue weighted by atomic mass is 9.92. The molecule has 2 aliphatic rings. The molecule has 0 aliphatic carbocycles. The second-order valence-electron chi connectivity index (χ2n) is 5.57. The number of nitrogens with zero attached hydrogens (tertiary/aromatic N) is 4. The topological polar surface area (TPSA) is 126 Å². The van der Waals surface area contributed by atoms with Gasteiger partial charge >= 0.3 is 17.9 Å². The summed E-state index contributed by atoms with van der Waals surface area (Å²) in [6, 6.07) is 0.810. The Hall–Kier alpha value is -2.91. The van der Waals surface area contributed by atoms with Crippen molar-refractivity contribution < 1.29 is 24.4 Å². The van der Waals surface area contributed by atoms with E-state index in [0.717, 1.165) is 6.20 Å². The predicted octanol–water partition coefficient (Wildman–Crippen LogP) is 1.31. The normalized spacial score (nSPS) is 26.7. The van der Waals surface area contributed by atoms with Crippen LogP contribution in [0.2, 0.25) is 0 Å². The Bertz CT molecular complexity index is 680. The quantitative estimate of drug-likeness (QED) is 0.638. The first-order chi connectivity index (χ1) is 10.9. The lowest BCUT2D eigenvalue weighted by molar-refractivity contribution is -0.384. The number of ether oxygens (including phenoxy) is 1. The number of amides is 2. The second kappa shape index (κ2) is 5.38. The van der Waals surface area contributed by atoms with E-state index in [0.29, 0.717) is 17.1 Å².